The molecule has 0 aliphatic carbocycles. The Labute approximate surface area is 161 Å². The number of fused-ring (bicyclic) bond motifs is 1. The molecule has 0 aliphatic rings. The maximum Gasteiger partial charge on any atom is 0.275 e. The number of nitrogens with one attached hydrogen (secondary N) is 1. The highest BCUT2D eigenvalue weighted by molar-refractivity contribution is 7.16. The van der Waals surface area contributed by atoms with Crippen LogP contribution in [0.4, 0.5) is 0 Å². The molecule has 0 amide bonds. The van der Waals surface area contributed by atoms with Crippen LogP contribution in [-0.4, -0.2) is 21.6 Å². The van der Waals surface area contributed by atoms with Gasteiger partial charge in [-0.05, 0) is 6.92 Å². The Hall–Kier alpha value is -2.83. The molecule has 2 heterocycles. The molecule has 4 rings (SSSR count). The summed E-state index contributed by atoms with van der Waals surface area (Å²) in [5.41, 5.74) is 3.12. The smallest absolute Gasteiger partial charge is 0.275 e. The molecule has 0 saturated heterocycles. The van der Waals surface area contributed by atoms with E-state index in [1.807, 2.05) is 19.1 Å². The van der Waals surface area contributed by atoms with Gasteiger partial charge < -0.3 is 4.90 Å². The van der Waals surface area contributed by atoms with Crippen molar-refractivity contribution in [2.45, 2.75) is 19.5 Å². The first kappa shape index (κ1) is 17.6. The van der Waals surface area contributed by atoms with E-state index < -0.39 is 0 Å². The van der Waals surface area contributed by atoms with E-state index in [0.717, 1.165) is 10.7 Å². The number of aromatic nitrogens is 3. The minimum atomic E-state index is -0.125. The lowest BCUT2D eigenvalue weighted by Gasteiger charge is -2.25. The van der Waals surface area contributed by atoms with Gasteiger partial charge in [-0.2, -0.15) is 9.61 Å². The van der Waals surface area contributed by atoms with Crippen molar-refractivity contribution in [3.8, 4) is 0 Å². The van der Waals surface area contributed by atoms with E-state index in [0.29, 0.717) is 11.5 Å². The second-order valence-electron chi connectivity index (χ2n) is 6.70. The van der Waals surface area contributed by atoms with E-state index in [4.69, 9.17) is 0 Å². The lowest BCUT2D eigenvalue weighted by atomic mass is 9.97. The Bertz CT molecular complexity index is 1070. The summed E-state index contributed by atoms with van der Waals surface area (Å²) >= 11 is 1.48. The standard InChI is InChI=1S/C21H20N4OS/c1-15-13-19(26)25-21(22-15)27-18(23-25)14-24(2)20(16-9-5-3-6-10-16)17-11-7-4-8-12-17/h3-13,20H,14H2,1-2H3/p+1. The summed E-state index contributed by atoms with van der Waals surface area (Å²) in [6.45, 7) is 2.54. The molecule has 0 saturated carbocycles. The Morgan fingerprint density at radius 2 is 1.63 bits per heavy atom. The quantitative estimate of drug-likeness (QED) is 0.580. The number of nitrogens with zero attached hydrogens (tertiary/aromatic N) is 3. The summed E-state index contributed by atoms with van der Waals surface area (Å²) in [6.07, 6.45) is 0. The molecule has 5 nitrogen and oxygen atoms in total. The van der Waals surface area contributed by atoms with Crippen molar-refractivity contribution in [2.75, 3.05) is 7.05 Å². The molecule has 136 valence electrons. The highest BCUT2D eigenvalue weighted by Crippen LogP contribution is 2.19. The van der Waals surface area contributed by atoms with Crippen LogP contribution in [0.5, 0.6) is 0 Å². The van der Waals surface area contributed by atoms with Crippen LogP contribution < -0.4 is 10.5 Å². The predicted molar refractivity (Wildman–Crippen MR) is 107 cm³/mol. The Kier molecular flexibility index (Phi) is 4.83. The molecule has 0 fully saturated rings. The molecule has 0 bridgehead atoms. The largest absolute Gasteiger partial charge is 0.322 e. The summed E-state index contributed by atoms with van der Waals surface area (Å²) < 4.78 is 1.40. The van der Waals surface area contributed by atoms with Gasteiger partial charge in [0.2, 0.25) is 4.96 Å². The summed E-state index contributed by atoms with van der Waals surface area (Å²) in [5, 5.41) is 5.40. The number of rotatable bonds is 5. The Balaban J connectivity index is 1.69. The van der Waals surface area contributed by atoms with Crippen LogP contribution in [0.2, 0.25) is 0 Å². The van der Waals surface area contributed by atoms with Crippen LogP contribution in [-0.2, 0) is 6.54 Å². The molecular weight excluding hydrogens is 356 g/mol. The Morgan fingerprint density at radius 1 is 1.04 bits per heavy atom. The van der Waals surface area contributed by atoms with E-state index in [-0.39, 0.29) is 11.6 Å². The summed E-state index contributed by atoms with van der Waals surface area (Å²) in [5.74, 6) is 0. The molecule has 0 radical (unpaired) electrons. The van der Waals surface area contributed by atoms with E-state index in [2.05, 4.69) is 65.7 Å². The third-order valence-electron chi connectivity index (χ3n) is 4.60. The van der Waals surface area contributed by atoms with Crippen LogP contribution in [0, 0.1) is 6.92 Å². The van der Waals surface area contributed by atoms with Gasteiger partial charge in [-0.15, -0.1) is 0 Å². The maximum absolute atomic E-state index is 12.1. The number of hydrogen-bond acceptors (Lipinski definition) is 4. The topological polar surface area (TPSA) is 51.7 Å². The Morgan fingerprint density at radius 3 is 2.22 bits per heavy atom. The fourth-order valence-electron chi connectivity index (χ4n) is 3.42. The number of hydrogen-bond donors (Lipinski definition) is 1. The van der Waals surface area contributed by atoms with Crippen LogP contribution in [0.25, 0.3) is 4.96 Å². The monoisotopic (exact) mass is 377 g/mol. The van der Waals surface area contributed by atoms with E-state index >= 15 is 0 Å². The molecule has 6 heteroatoms. The van der Waals surface area contributed by atoms with E-state index in [1.165, 1.54) is 37.9 Å². The molecule has 0 spiro atoms. The van der Waals surface area contributed by atoms with Crippen molar-refractivity contribution >= 4 is 16.3 Å². The van der Waals surface area contributed by atoms with Gasteiger partial charge >= 0.3 is 0 Å². The maximum atomic E-state index is 12.1. The number of aryl methyl sites for hydroxylation is 1. The highest BCUT2D eigenvalue weighted by atomic mass is 32.1. The highest BCUT2D eigenvalue weighted by Gasteiger charge is 2.24. The first-order valence-electron chi connectivity index (χ1n) is 8.90. The zero-order chi connectivity index (χ0) is 18.8. The van der Waals surface area contributed by atoms with Gasteiger partial charge in [0.25, 0.3) is 5.56 Å². The minimum absolute atomic E-state index is 0.125. The van der Waals surface area contributed by atoms with Gasteiger partial charge in [0, 0.05) is 22.9 Å². The van der Waals surface area contributed by atoms with Gasteiger partial charge in [0.1, 0.15) is 12.6 Å². The molecule has 4 aromatic rings. The zero-order valence-corrected chi connectivity index (χ0v) is 16.1. The number of benzene rings is 2. The van der Waals surface area contributed by atoms with Crippen LogP contribution >= 0.6 is 11.3 Å². The average Bonchev–Trinajstić information content (AvgIpc) is 3.06. The van der Waals surface area contributed by atoms with Crippen molar-refractivity contribution in [1.29, 1.82) is 0 Å². The van der Waals surface area contributed by atoms with Crippen molar-refractivity contribution in [3.63, 3.8) is 0 Å². The molecule has 1 unspecified atom stereocenters. The normalized spacial score (nSPS) is 12.6. The molecule has 2 aromatic heterocycles. The zero-order valence-electron chi connectivity index (χ0n) is 15.3. The van der Waals surface area contributed by atoms with Crippen molar-refractivity contribution in [2.24, 2.45) is 0 Å². The first-order valence-corrected chi connectivity index (χ1v) is 9.72. The second kappa shape index (κ2) is 7.42. The summed E-state index contributed by atoms with van der Waals surface area (Å²) in [6, 6.07) is 22.7. The lowest BCUT2D eigenvalue weighted by Crippen LogP contribution is -3.08. The summed E-state index contributed by atoms with van der Waals surface area (Å²) in [4.78, 5) is 18.5. The van der Waals surface area contributed by atoms with Gasteiger partial charge in [0.05, 0.1) is 7.05 Å². The molecule has 1 N–H and O–H groups in total. The van der Waals surface area contributed by atoms with E-state index in [1.54, 1.807) is 0 Å². The second-order valence-corrected chi connectivity index (χ2v) is 7.74. The van der Waals surface area contributed by atoms with Gasteiger partial charge in [-0.1, -0.05) is 72.0 Å². The average molecular weight is 377 g/mol. The third-order valence-corrected chi connectivity index (χ3v) is 5.51. The molecule has 0 aliphatic heterocycles. The van der Waals surface area contributed by atoms with Crippen LogP contribution in [0.3, 0.4) is 0 Å². The van der Waals surface area contributed by atoms with Crippen molar-refractivity contribution in [3.05, 3.63) is 98.9 Å². The minimum Gasteiger partial charge on any atom is -0.322 e. The van der Waals surface area contributed by atoms with E-state index in [9.17, 15) is 4.79 Å². The van der Waals surface area contributed by atoms with Gasteiger partial charge in [0.15, 0.2) is 5.01 Å². The predicted octanol–water partition coefficient (Wildman–Crippen LogP) is 2.26. The van der Waals surface area contributed by atoms with Gasteiger partial charge in [-0.25, -0.2) is 4.98 Å². The first-order chi connectivity index (χ1) is 13.1. The van der Waals surface area contributed by atoms with Crippen LogP contribution in [0.15, 0.2) is 71.5 Å². The number of quaternary nitrogens is 1. The van der Waals surface area contributed by atoms with Crippen LogP contribution in [0.1, 0.15) is 27.9 Å². The molecule has 1 atom stereocenters. The lowest BCUT2D eigenvalue weighted by molar-refractivity contribution is -0.919. The fraction of sp³-hybridized carbons (Fsp3) is 0.190. The van der Waals surface area contributed by atoms with Crippen molar-refractivity contribution in [1.82, 2.24) is 14.6 Å². The van der Waals surface area contributed by atoms with Crippen molar-refractivity contribution < 1.29 is 4.90 Å². The molecule has 2 aromatic carbocycles. The third kappa shape index (κ3) is 3.67. The fourth-order valence-corrected chi connectivity index (χ4v) is 4.46. The molecule has 27 heavy (non-hydrogen) atoms. The van der Waals surface area contributed by atoms with Gasteiger partial charge in [-0.3, -0.25) is 4.79 Å². The molecular formula is C21H21N4OS+. The SMILES string of the molecule is Cc1cc(=O)n2nc(C[NH+](C)C(c3ccccc3)c3ccccc3)sc2n1. The summed E-state index contributed by atoms with van der Waals surface area (Å²) in [7, 11) is 2.16.